The summed E-state index contributed by atoms with van der Waals surface area (Å²) in [6, 6.07) is 13.8. The summed E-state index contributed by atoms with van der Waals surface area (Å²) in [5.74, 6) is -0.945. The third-order valence-electron chi connectivity index (χ3n) is 5.31. The summed E-state index contributed by atoms with van der Waals surface area (Å²) in [5.41, 5.74) is 1.89. The minimum atomic E-state index is -0.713. The van der Waals surface area contributed by atoms with Gasteiger partial charge in [0.25, 0.3) is 11.6 Å². The number of aryl methyl sites for hydroxylation is 1. The van der Waals surface area contributed by atoms with E-state index in [0.717, 1.165) is 16.0 Å². The summed E-state index contributed by atoms with van der Waals surface area (Å²) in [6.07, 6.45) is 1.32. The van der Waals surface area contributed by atoms with Crippen LogP contribution in [0.4, 0.5) is 10.5 Å². The van der Waals surface area contributed by atoms with Crippen molar-refractivity contribution in [2.45, 2.75) is 20.1 Å². The second-order valence-corrected chi connectivity index (χ2v) is 7.89. The number of benzene rings is 2. The van der Waals surface area contributed by atoms with Crippen LogP contribution < -0.4 is 10.1 Å². The number of nitro benzene ring substituents is 1. The maximum absolute atomic E-state index is 12.9. The quantitative estimate of drug-likeness (QED) is 0.164. The number of carbonyl (C=O) groups is 3. The molecule has 2 heterocycles. The Morgan fingerprint density at radius 1 is 1.17 bits per heavy atom. The number of methoxy groups -OCH3 is 1. The van der Waals surface area contributed by atoms with Crippen molar-refractivity contribution in [1.29, 1.82) is 0 Å². The van der Waals surface area contributed by atoms with Gasteiger partial charge in [0.2, 0.25) is 5.76 Å². The maximum atomic E-state index is 12.9. The highest BCUT2D eigenvalue weighted by molar-refractivity contribution is 6.14. The van der Waals surface area contributed by atoms with Gasteiger partial charge in [-0.25, -0.2) is 9.59 Å². The van der Waals surface area contributed by atoms with Crippen LogP contribution in [0.1, 0.15) is 33.0 Å². The van der Waals surface area contributed by atoms with Crippen molar-refractivity contribution in [3.05, 3.63) is 98.6 Å². The van der Waals surface area contributed by atoms with Gasteiger partial charge in [0.05, 0.1) is 18.6 Å². The molecule has 0 bridgehead atoms. The lowest BCUT2D eigenvalue weighted by Gasteiger charge is -2.11. The molecule has 184 valence electrons. The van der Waals surface area contributed by atoms with Crippen molar-refractivity contribution in [2.75, 3.05) is 7.11 Å². The molecule has 3 amide bonds. The molecule has 0 aliphatic carbocycles. The highest BCUT2D eigenvalue weighted by Gasteiger charge is 2.34. The Hall–Kier alpha value is -4.93. The number of carbonyl (C=O) groups excluding carboxylic acids is 3. The Balaban J connectivity index is 1.58. The molecule has 1 saturated heterocycles. The second-order valence-electron chi connectivity index (χ2n) is 7.89. The summed E-state index contributed by atoms with van der Waals surface area (Å²) < 4.78 is 15.8. The van der Waals surface area contributed by atoms with E-state index in [1.807, 2.05) is 31.2 Å². The smallest absolute Gasteiger partial charge is 0.373 e. The van der Waals surface area contributed by atoms with E-state index >= 15 is 0 Å². The number of non-ortho nitro benzene ring substituents is 1. The molecule has 1 N–H and O–H groups in total. The van der Waals surface area contributed by atoms with Crippen molar-refractivity contribution in [2.24, 2.45) is 0 Å². The van der Waals surface area contributed by atoms with Crippen LogP contribution in [0.3, 0.4) is 0 Å². The van der Waals surface area contributed by atoms with E-state index in [1.165, 1.54) is 43.5 Å². The Morgan fingerprint density at radius 2 is 1.97 bits per heavy atom. The average molecular weight is 491 g/mol. The Morgan fingerprint density at radius 3 is 2.69 bits per heavy atom. The van der Waals surface area contributed by atoms with Gasteiger partial charge in [-0.05, 0) is 36.8 Å². The summed E-state index contributed by atoms with van der Waals surface area (Å²) in [6.45, 7) is 1.91. The third-order valence-corrected chi connectivity index (χ3v) is 5.31. The second kappa shape index (κ2) is 10.1. The molecule has 0 radical (unpaired) electrons. The summed E-state index contributed by atoms with van der Waals surface area (Å²) in [4.78, 5) is 48.6. The van der Waals surface area contributed by atoms with Crippen molar-refractivity contribution < 1.29 is 33.2 Å². The number of esters is 1. The monoisotopic (exact) mass is 491 g/mol. The lowest BCUT2D eigenvalue weighted by Crippen LogP contribution is -2.30. The van der Waals surface area contributed by atoms with Crippen LogP contribution in [-0.4, -0.2) is 34.8 Å². The fourth-order valence-corrected chi connectivity index (χ4v) is 3.56. The molecule has 3 aromatic rings. The molecule has 1 aliphatic rings. The van der Waals surface area contributed by atoms with Crippen LogP contribution in [0.25, 0.3) is 6.08 Å². The Kier molecular flexibility index (Phi) is 6.81. The molecule has 11 nitrogen and oxygen atoms in total. The van der Waals surface area contributed by atoms with Crippen LogP contribution in [-0.2, 0) is 22.7 Å². The summed E-state index contributed by atoms with van der Waals surface area (Å²) in [7, 11) is 1.20. The van der Waals surface area contributed by atoms with E-state index in [-0.39, 0.29) is 41.6 Å². The standard InChI is InChI=1S/C25H21N3O8/c1-15-4-3-5-16(10-15)14-35-21-8-6-18(28(32)33)11-17(21)12-20-23(29)27(25(31)26-20)13-19-7-9-22(36-19)24(30)34-2/h3-12H,13-14H2,1-2H3,(H,26,31). The van der Waals surface area contributed by atoms with Crippen LogP contribution in [0.2, 0.25) is 0 Å². The first-order valence-corrected chi connectivity index (χ1v) is 10.7. The first-order valence-electron chi connectivity index (χ1n) is 10.7. The van der Waals surface area contributed by atoms with Gasteiger partial charge in [0, 0.05) is 17.7 Å². The molecule has 1 fully saturated rings. The Labute approximate surface area is 205 Å². The van der Waals surface area contributed by atoms with Crippen LogP contribution in [0, 0.1) is 17.0 Å². The first-order chi connectivity index (χ1) is 17.2. The lowest BCUT2D eigenvalue weighted by molar-refractivity contribution is -0.384. The van der Waals surface area contributed by atoms with Gasteiger partial charge < -0.3 is 19.2 Å². The largest absolute Gasteiger partial charge is 0.488 e. The first kappa shape index (κ1) is 24.2. The molecular weight excluding hydrogens is 470 g/mol. The van der Waals surface area contributed by atoms with E-state index < -0.39 is 22.8 Å². The van der Waals surface area contributed by atoms with Gasteiger partial charge in [0.15, 0.2) is 0 Å². The number of ether oxygens (including phenoxy) is 2. The van der Waals surface area contributed by atoms with E-state index in [4.69, 9.17) is 9.15 Å². The molecule has 2 aromatic carbocycles. The van der Waals surface area contributed by atoms with Crippen LogP contribution in [0.5, 0.6) is 5.75 Å². The SMILES string of the molecule is COC(=O)c1ccc(CN2C(=O)NC(=Cc3cc([N+](=O)[O-])ccc3OCc3cccc(C)c3)C2=O)o1. The highest BCUT2D eigenvalue weighted by Crippen LogP contribution is 2.28. The van der Waals surface area contributed by atoms with Gasteiger partial charge in [0.1, 0.15) is 23.8 Å². The number of hydrogen-bond donors (Lipinski definition) is 1. The number of nitrogens with zero attached hydrogens (tertiary/aromatic N) is 2. The van der Waals surface area contributed by atoms with Gasteiger partial charge in [-0.2, -0.15) is 0 Å². The number of nitro groups is 1. The van der Waals surface area contributed by atoms with E-state index in [0.29, 0.717) is 5.75 Å². The van der Waals surface area contributed by atoms with E-state index in [1.54, 1.807) is 0 Å². The molecule has 0 unspecified atom stereocenters. The fraction of sp³-hybridized carbons (Fsp3) is 0.160. The van der Waals surface area contributed by atoms with Gasteiger partial charge >= 0.3 is 12.0 Å². The van der Waals surface area contributed by atoms with Gasteiger partial charge in [-0.1, -0.05) is 29.8 Å². The lowest BCUT2D eigenvalue weighted by atomic mass is 10.1. The van der Waals surface area contributed by atoms with Gasteiger partial charge in [-0.3, -0.25) is 19.8 Å². The zero-order valence-corrected chi connectivity index (χ0v) is 19.3. The summed E-state index contributed by atoms with van der Waals surface area (Å²) in [5, 5.41) is 13.8. The number of amides is 3. The van der Waals surface area contributed by atoms with Gasteiger partial charge in [-0.15, -0.1) is 0 Å². The van der Waals surface area contributed by atoms with Crippen molar-refractivity contribution >= 4 is 29.7 Å². The molecule has 1 aromatic heterocycles. The fourth-order valence-electron chi connectivity index (χ4n) is 3.56. The minimum absolute atomic E-state index is 0.0673. The van der Waals surface area contributed by atoms with Crippen molar-refractivity contribution in [3.8, 4) is 5.75 Å². The summed E-state index contributed by atoms with van der Waals surface area (Å²) >= 11 is 0. The highest BCUT2D eigenvalue weighted by atomic mass is 16.6. The number of rotatable bonds is 8. The number of imide groups is 1. The van der Waals surface area contributed by atoms with E-state index in [9.17, 15) is 24.5 Å². The number of urea groups is 1. The van der Waals surface area contributed by atoms with Crippen molar-refractivity contribution in [1.82, 2.24) is 10.2 Å². The molecular formula is C25H21N3O8. The molecule has 11 heteroatoms. The topological polar surface area (TPSA) is 141 Å². The van der Waals surface area contributed by atoms with Crippen molar-refractivity contribution in [3.63, 3.8) is 0 Å². The molecule has 0 spiro atoms. The third kappa shape index (κ3) is 5.25. The average Bonchev–Trinajstić information content (AvgIpc) is 3.43. The zero-order valence-electron chi connectivity index (χ0n) is 19.3. The van der Waals surface area contributed by atoms with Crippen LogP contribution >= 0.6 is 0 Å². The molecule has 0 atom stereocenters. The molecule has 4 rings (SSSR count). The molecule has 0 saturated carbocycles. The maximum Gasteiger partial charge on any atom is 0.373 e. The predicted octanol–water partition coefficient (Wildman–Crippen LogP) is 3.95. The number of nitrogens with one attached hydrogen (secondary N) is 1. The molecule has 1 aliphatic heterocycles. The normalized spacial score (nSPS) is 14.2. The predicted molar refractivity (Wildman–Crippen MR) is 126 cm³/mol. The Bertz CT molecular complexity index is 1390. The molecule has 36 heavy (non-hydrogen) atoms. The number of furan rings is 1. The zero-order chi connectivity index (χ0) is 25.8. The van der Waals surface area contributed by atoms with E-state index in [2.05, 4.69) is 10.1 Å². The minimum Gasteiger partial charge on any atom is -0.488 e. The van der Waals surface area contributed by atoms with Crippen LogP contribution in [0.15, 0.2) is 64.7 Å². The number of hydrogen-bond acceptors (Lipinski definition) is 8.